The Morgan fingerprint density at radius 3 is 2.88 bits per heavy atom. The van der Waals surface area contributed by atoms with Crippen molar-refractivity contribution in [1.29, 1.82) is 0 Å². The molecule has 1 aromatic rings. The molecule has 86 valence electrons. The van der Waals surface area contributed by atoms with Crippen LogP contribution in [0, 0.1) is 6.92 Å². The maximum atomic E-state index is 11.0. The Labute approximate surface area is 99.6 Å². The normalized spacial score (nSPS) is 9.88. The second-order valence-electron chi connectivity index (χ2n) is 3.37. The van der Waals surface area contributed by atoms with Crippen LogP contribution in [0.2, 0.25) is 0 Å². The number of aryl methyl sites for hydroxylation is 1. The van der Waals surface area contributed by atoms with Crippen LogP contribution in [0.3, 0.4) is 0 Å². The standard InChI is InChI=1S/C12H15NO2S/c1-4-12(15)13-7-9-6-11(16-3)10(14)5-8(9)2/h4-6,14H,1,7H2,2-3H3,(H,13,15). The average Bonchev–Trinajstić information content (AvgIpc) is 2.27. The Kier molecular flexibility index (Phi) is 4.43. The van der Waals surface area contributed by atoms with E-state index in [4.69, 9.17) is 0 Å². The number of carbonyl (C=O) groups excluding carboxylic acids is 1. The second kappa shape index (κ2) is 5.61. The maximum absolute atomic E-state index is 11.0. The lowest BCUT2D eigenvalue weighted by atomic mass is 10.1. The Hall–Kier alpha value is -1.42. The minimum absolute atomic E-state index is 0.196. The number of hydrogen-bond acceptors (Lipinski definition) is 3. The molecule has 0 aliphatic rings. The van der Waals surface area contributed by atoms with Crippen molar-refractivity contribution in [2.75, 3.05) is 6.26 Å². The molecule has 0 atom stereocenters. The molecule has 0 aliphatic heterocycles. The van der Waals surface area contributed by atoms with E-state index < -0.39 is 0 Å². The largest absolute Gasteiger partial charge is 0.507 e. The summed E-state index contributed by atoms with van der Waals surface area (Å²) in [5.74, 6) is 0.0852. The third-order valence-electron chi connectivity index (χ3n) is 2.28. The van der Waals surface area contributed by atoms with Crippen LogP contribution in [-0.2, 0) is 11.3 Å². The van der Waals surface area contributed by atoms with Crippen molar-refractivity contribution in [3.05, 3.63) is 35.9 Å². The Bertz CT molecular complexity index is 416. The predicted octanol–water partition coefficient (Wildman–Crippen LogP) is 2.22. The fraction of sp³-hybridized carbons (Fsp3) is 0.250. The van der Waals surface area contributed by atoms with Gasteiger partial charge in [-0.15, -0.1) is 11.8 Å². The fourth-order valence-electron chi connectivity index (χ4n) is 1.32. The van der Waals surface area contributed by atoms with Crippen molar-refractivity contribution in [1.82, 2.24) is 5.32 Å². The maximum Gasteiger partial charge on any atom is 0.243 e. The highest BCUT2D eigenvalue weighted by Crippen LogP contribution is 2.29. The molecule has 1 aromatic carbocycles. The molecule has 4 heteroatoms. The van der Waals surface area contributed by atoms with Gasteiger partial charge in [0, 0.05) is 11.4 Å². The molecule has 0 heterocycles. The van der Waals surface area contributed by atoms with Gasteiger partial charge >= 0.3 is 0 Å². The number of amides is 1. The number of aromatic hydroxyl groups is 1. The molecule has 0 spiro atoms. The van der Waals surface area contributed by atoms with Gasteiger partial charge in [0.05, 0.1) is 0 Å². The second-order valence-corrected chi connectivity index (χ2v) is 4.22. The summed E-state index contributed by atoms with van der Waals surface area (Å²) in [6.45, 7) is 5.74. The molecule has 0 radical (unpaired) electrons. The fourth-order valence-corrected chi connectivity index (χ4v) is 1.85. The summed E-state index contributed by atoms with van der Waals surface area (Å²) < 4.78 is 0. The van der Waals surface area contributed by atoms with Crippen molar-refractivity contribution in [2.24, 2.45) is 0 Å². The van der Waals surface area contributed by atoms with E-state index in [2.05, 4.69) is 11.9 Å². The third-order valence-corrected chi connectivity index (χ3v) is 3.04. The van der Waals surface area contributed by atoms with Crippen LogP contribution in [0.1, 0.15) is 11.1 Å². The van der Waals surface area contributed by atoms with Gasteiger partial charge in [-0.25, -0.2) is 0 Å². The van der Waals surface area contributed by atoms with Crippen molar-refractivity contribution < 1.29 is 9.90 Å². The summed E-state index contributed by atoms with van der Waals surface area (Å²) in [6.07, 6.45) is 3.14. The highest BCUT2D eigenvalue weighted by atomic mass is 32.2. The molecular formula is C12H15NO2S. The summed E-state index contributed by atoms with van der Waals surface area (Å²) in [5, 5.41) is 12.3. The average molecular weight is 237 g/mol. The van der Waals surface area contributed by atoms with Crippen LogP contribution in [0.15, 0.2) is 29.7 Å². The first-order valence-corrected chi connectivity index (χ1v) is 6.07. The van der Waals surface area contributed by atoms with Gasteiger partial charge in [0.25, 0.3) is 0 Å². The molecule has 1 rings (SSSR count). The summed E-state index contributed by atoms with van der Waals surface area (Å²) in [6, 6.07) is 3.60. The molecule has 1 amide bonds. The lowest BCUT2D eigenvalue weighted by Crippen LogP contribution is -2.20. The predicted molar refractivity (Wildman–Crippen MR) is 66.7 cm³/mol. The molecule has 2 N–H and O–H groups in total. The minimum Gasteiger partial charge on any atom is -0.507 e. The highest BCUT2D eigenvalue weighted by Gasteiger charge is 2.06. The van der Waals surface area contributed by atoms with Gasteiger partial charge in [0.15, 0.2) is 0 Å². The Morgan fingerprint density at radius 1 is 1.62 bits per heavy atom. The zero-order chi connectivity index (χ0) is 12.1. The van der Waals surface area contributed by atoms with Gasteiger partial charge in [0.2, 0.25) is 5.91 Å². The highest BCUT2D eigenvalue weighted by molar-refractivity contribution is 7.98. The first kappa shape index (κ1) is 12.6. The summed E-state index contributed by atoms with van der Waals surface area (Å²) in [7, 11) is 0. The Balaban J connectivity index is 2.87. The smallest absolute Gasteiger partial charge is 0.243 e. The number of carbonyl (C=O) groups is 1. The monoisotopic (exact) mass is 237 g/mol. The van der Waals surface area contributed by atoms with Crippen molar-refractivity contribution in [2.45, 2.75) is 18.4 Å². The molecule has 0 aromatic heterocycles. The quantitative estimate of drug-likeness (QED) is 0.623. The van der Waals surface area contributed by atoms with Crippen molar-refractivity contribution in [3.8, 4) is 5.75 Å². The number of rotatable bonds is 4. The SMILES string of the molecule is C=CC(=O)NCc1cc(SC)c(O)cc1C. The van der Waals surface area contributed by atoms with Crippen molar-refractivity contribution >= 4 is 17.7 Å². The van der Waals surface area contributed by atoms with Crippen LogP contribution >= 0.6 is 11.8 Å². The molecule has 0 saturated heterocycles. The summed E-state index contributed by atoms with van der Waals surface area (Å²) in [5.41, 5.74) is 1.96. The zero-order valence-corrected chi connectivity index (χ0v) is 10.2. The van der Waals surface area contributed by atoms with E-state index in [0.29, 0.717) is 6.54 Å². The van der Waals surface area contributed by atoms with Crippen molar-refractivity contribution in [3.63, 3.8) is 0 Å². The van der Waals surface area contributed by atoms with E-state index in [1.807, 2.05) is 19.2 Å². The number of phenols is 1. The van der Waals surface area contributed by atoms with E-state index in [1.165, 1.54) is 17.8 Å². The molecule has 0 bridgehead atoms. The van der Waals surface area contributed by atoms with Gasteiger partial charge in [-0.2, -0.15) is 0 Å². The van der Waals surface area contributed by atoms with Crippen LogP contribution in [0.4, 0.5) is 0 Å². The minimum atomic E-state index is -0.196. The molecule has 0 fully saturated rings. The lowest BCUT2D eigenvalue weighted by Gasteiger charge is -2.10. The van der Waals surface area contributed by atoms with E-state index in [9.17, 15) is 9.90 Å². The van der Waals surface area contributed by atoms with Gasteiger partial charge in [-0.1, -0.05) is 6.58 Å². The third kappa shape index (κ3) is 3.03. The number of thioether (sulfide) groups is 1. The number of phenolic OH excluding ortho intramolecular Hbond substituents is 1. The molecular weight excluding hydrogens is 222 g/mol. The zero-order valence-electron chi connectivity index (χ0n) is 9.41. The molecule has 0 unspecified atom stereocenters. The Morgan fingerprint density at radius 2 is 2.31 bits per heavy atom. The van der Waals surface area contributed by atoms with Crippen LogP contribution in [-0.4, -0.2) is 17.3 Å². The summed E-state index contributed by atoms with van der Waals surface area (Å²) >= 11 is 1.48. The molecule has 0 aliphatic carbocycles. The van der Waals surface area contributed by atoms with Crippen LogP contribution < -0.4 is 5.32 Å². The summed E-state index contributed by atoms with van der Waals surface area (Å²) in [4.78, 5) is 11.8. The molecule has 0 saturated carbocycles. The lowest BCUT2D eigenvalue weighted by molar-refractivity contribution is -0.116. The topological polar surface area (TPSA) is 49.3 Å². The first-order chi connectivity index (χ1) is 7.58. The number of nitrogens with one attached hydrogen (secondary N) is 1. The van der Waals surface area contributed by atoms with Gasteiger partial charge in [-0.3, -0.25) is 4.79 Å². The van der Waals surface area contributed by atoms with E-state index in [1.54, 1.807) is 6.07 Å². The van der Waals surface area contributed by atoms with Crippen LogP contribution in [0.5, 0.6) is 5.75 Å². The number of hydrogen-bond donors (Lipinski definition) is 2. The van der Waals surface area contributed by atoms with Gasteiger partial charge in [0.1, 0.15) is 5.75 Å². The first-order valence-electron chi connectivity index (χ1n) is 4.85. The number of benzene rings is 1. The van der Waals surface area contributed by atoms with E-state index >= 15 is 0 Å². The van der Waals surface area contributed by atoms with Crippen LogP contribution in [0.25, 0.3) is 0 Å². The van der Waals surface area contributed by atoms with E-state index in [-0.39, 0.29) is 11.7 Å². The molecule has 16 heavy (non-hydrogen) atoms. The molecule has 3 nitrogen and oxygen atoms in total. The van der Waals surface area contributed by atoms with Gasteiger partial charge in [-0.05, 0) is 42.5 Å². The van der Waals surface area contributed by atoms with E-state index in [0.717, 1.165) is 16.0 Å². The van der Waals surface area contributed by atoms with Gasteiger partial charge < -0.3 is 10.4 Å².